The van der Waals surface area contributed by atoms with Gasteiger partial charge in [0.25, 0.3) is 0 Å². The second-order valence-corrected chi connectivity index (χ2v) is 8.75. The van der Waals surface area contributed by atoms with E-state index in [2.05, 4.69) is 5.32 Å². The maximum absolute atomic E-state index is 12.5. The molecule has 1 saturated carbocycles. The first-order valence-corrected chi connectivity index (χ1v) is 10.0. The van der Waals surface area contributed by atoms with Crippen LogP contribution in [0.4, 0.5) is 0 Å². The van der Waals surface area contributed by atoms with E-state index in [0.29, 0.717) is 24.3 Å². The standard InChI is InChI=1S/C18H26N2O4S/c1-13(15-6-7-15)19-18(22)5-4-12-20(3)25(23,24)17-10-8-16(9-11-17)14(2)21/h8-11,13,15H,4-7,12H2,1-3H3,(H,19,22)/t13-/m0/s1. The molecule has 1 atom stereocenters. The van der Waals surface area contributed by atoms with Crippen molar-refractivity contribution in [2.75, 3.05) is 13.6 Å². The molecule has 0 bridgehead atoms. The molecule has 1 aliphatic carbocycles. The zero-order valence-electron chi connectivity index (χ0n) is 15.0. The van der Waals surface area contributed by atoms with Crippen molar-refractivity contribution in [1.29, 1.82) is 0 Å². The zero-order valence-corrected chi connectivity index (χ0v) is 15.8. The second-order valence-electron chi connectivity index (χ2n) is 6.70. The van der Waals surface area contributed by atoms with Crippen molar-refractivity contribution in [3.8, 4) is 0 Å². The van der Waals surface area contributed by atoms with Gasteiger partial charge in [0, 0.05) is 31.6 Å². The van der Waals surface area contributed by atoms with Crippen molar-refractivity contribution in [2.45, 2.75) is 50.5 Å². The lowest BCUT2D eigenvalue weighted by atomic mass is 10.2. The van der Waals surface area contributed by atoms with Gasteiger partial charge in [0.1, 0.15) is 0 Å². The lowest BCUT2D eigenvalue weighted by Crippen LogP contribution is -2.34. The molecule has 0 heterocycles. The van der Waals surface area contributed by atoms with E-state index in [1.807, 2.05) is 6.92 Å². The van der Waals surface area contributed by atoms with Crippen molar-refractivity contribution in [3.63, 3.8) is 0 Å². The van der Waals surface area contributed by atoms with E-state index >= 15 is 0 Å². The molecule has 0 aromatic heterocycles. The predicted molar refractivity (Wildman–Crippen MR) is 95.8 cm³/mol. The Hall–Kier alpha value is -1.73. The second kappa shape index (κ2) is 8.10. The molecular formula is C18H26N2O4S. The van der Waals surface area contributed by atoms with Crippen molar-refractivity contribution in [2.24, 2.45) is 5.92 Å². The van der Waals surface area contributed by atoms with E-state index in [0.717, 1.165) is 0 Å². The molecular weight excluding hydrogens is 340 g/mol. The average Bonchev–Trinajstić information content (AvgIpc) is 3.39. The summed E-state index contributed by atoms with van der Waals surface area (Å²) in [6.07, 6.45) is 3.11. The van der Waals surface area contributed by atoms with Crippen LogP contribution < -0.4 is 5.32 Å². The van der Waals surface area contributed by atoms with E-state index in [4.69, 9.17) is 0 Å². The number of Topliss-reactive ketones (excluding diaryl/α,β-unsaturated/α-hetero) is 1. The molecule has 1 N–H and O–H groups in total. The summed E-state index contributed by atoms with van der Waals surface area (Å²) in [5.41, 5.74) is 0.475. The highest BCUT2D eigenvalue weighted by atomic mass is 32.2. The summed E-state index contributed by atoms with van der Waals surface area (Å²) in [6.45, 7) is 3.71. The van der Waals surface area contributed by atoms with E-state index in [9.17, 15) is 18.0 Å². The summed E-state index contributed by atoms with van der Waals surface area (Å²) in [7, 11) is -2.12. The first-order valence-electron chi connectivity index (χ1n) is 8.58. The molecule has 138 valence electrons. The molecule has 2 rings (SSSR count). The van der Waals surface area contributed by atoms with Gasteiger partial charge in [-0.2, -0.15) is 0 Å². The molecule has 1 aromatic carbocycles. The van der Waals surface area contributed by atoms with Crippen LogP contribution in [0.5, 0.6) is 0 Å². The molecule has 6 nitrogen and oxygen atoms in total. The number of ketones is 1. The minimum atomic E-state index is -3.62. The number of hydrogen-bond acceptors (Lipinski definition) is 4. The molecule has 7 heteroatoms. The largest absolute Gasteiger partial charge is 0.353 e. The Bertz CT molecular complexity index is 724. The number of benzene rings is 1. The molecule has 0 radical (unpaired) electrons. The molecule has 0 unspecified atom stereocenters. The van der Waals surface area contributed by atoms with Crippen LogP contribution in [0.3, 0.4) is 0 Å². The Balaban J connectivity index is 1.84. The van der Waals surface area contributed by atoms with Crippen molar-refractivity contribution in [1.82, 2.24) is 9.62 Å². The molecule has 1 amide bonds. The van der Waals surface area contributed by atoms with Gasteiger partial charge in [-0.1, -0.05) is 12.1 Å². The molecule has 0 saturated heterocycles. The van der Waals surface area contributed by atoms with Crippen molar-refractivity contribution >= 4 is 21.7 Å². The van der Waals surface area contributed by atoms with E-state index in [-0.39, 0.29) is 29.2 Å². The first-order chi connectivity index (χ1) is 11.7. The Morgan fingerprint density at radius 1 is 1.24 bits per heavy atom. The normalized spacial score (nSPS) is 15.8. The summed E-state index contributed by atoms with van der Waals surface area (Å²) >= 11 is 0. The van der Waals surface area contributed by atoms with Crippen LogP contribution in [0.1, 0.15) is 49.9 Å². The van der Waals surface area contributed by atoms with Crippen LogP contribution in [0.2, 0.25) is 0 Å². The minimum Gasteiger partial charge on any atom is -0.353 e. The van der Waals surface area contributed by atoms with Gasteiger partial charge in [0.15, 0.2) is 5.78 Å². The van der Waals surface area contributed by atoms with E-state index in [1.165, 1.54) is 55.4 Å². The highest BCUT2D eigenvalue weighted by Gasteiger charge is 2.28. The van der Waals surface area contributed by atoms with Gasteiger partial charge >= 0.3 is 0 Å². The summed E-state index contributed by atoms with van der Waals surface area (Å²) in [5, 5.41) is 2.96. The fraction of sp³-hybridized carbons (Fsp3) is 0.556. The van der Waals surface area contributed by atoms with E-state index in [1.54, 1.807) is 0 Å². The Morgan fingerprint density at radius 2 is 1.84 bits per heavy atom. The summed E-state index contributed by atoms with van der Waals surface area (Å²) in [4.78, 5) is 23.3. The molecule has 0 aliphatic heterocycles. The van der Waals surface area contributed by atoms with Gasteiger partial charge in [-0.05, 0) is 51.2 Å². The monoisotopic (exact) mass is 366 g/mol. The third-order valence-electron chi connectivity index (χ3n) is 4.56. The highest BCUT2D eigenvalue weighted by molar-refractivity contribution is 7.89. The number of carbonyl (C=O) groups is 2. The zero-order chi connectivity index (χ0) is 18.6. The average molecular weight is 366 g/mol. The summed E-state index contributed by atoms with van der Waals surface area (Å²) in [5.74, 6) is 0.463. The molecule has 0 spiro atoms. The third-order valence-corrected chi connectivity index (χ3v) is 6.43. The van der Waals surface area contributed by atoms with Gasteiger partial charge in [-0.25, -0.2) is 12.7 Å². The first kappa shape index (κ1) is 19.6. The number of rotatable bonds is 9. The highest BCUT2D eigenvalue weighted by Crippen LogP contribution is 2.32. The van der Waals surface area contributed by atoms with Crippen LogP contribution in [-0.2, 0) is 14.8 Å². The van der Waals surface area contributed by atoms with E-state index < -0.39 is 10.0 Å². The maximum Gasteiger partial charge on any atom is 0.242 e. The fourth-order valence-corrected chi connectivity index (χ4v) is 3.87. The van der Waals surface area contributed by atoms with Crippen LogP contribution >= 0.6 is 0 Å². The van der Waals surface area contributed by atoms with Gasteiger partial charge in [0.05, 0.1) is 4.90 Å². The lowest BCUT2D eigenvalue weighted by molar-refractivity contribution is -0.121. The number of sulfonamides is 1. The van der Waals surface area contributed by atoms with Gasteiger partial charge in [0.2, 0.25) is 15.9 Å². The van der Waals surface area contributed by atoms with Crippen LogP contribution in [0, 0.1) is 5.92 Å². The maximum atomic E-state index is 12.5. The molecule has 1 aromatic rings. The number of nitrogens with one attached hydrogen (secondary N) is 1. The van der Waals surface area contributed by atoms with Crippen molar-refractivity contribution in [3.05, 3.63) is 29.8 Å². The molecule has 1 fully saturated rings. The van der Waals surface area contributed by atoms with Crippen LogP contribution in [0.15, 0.2) is 29.2 Å². The minimum absolute atomic E-state index is 0.0315. The lowest BCUT2D eigenvalue weighted by Gasteiger charge is -2.18. The third kappa shape index (κ3) is 5.37. The predicted octanol–water partition coefficient (Wildman–Crippen LogP) is 2.20. The number of amides is 1. The number of carbonyl (C=O) groups excluding carboxylic acids is 2. The molecule has 25 heavy (non-hydrogen) atoms. The molecule has 1 aliphatic rings. The van der Waals surface area contributed by atoms with Crippen molar-refractivity contribution < 1.29 is 18.0 Å². The van der Waals surface area contributed by atoms with Crippen LogP contribution in [-0.4, -0.2) is 44.0 Å². The van der Waals surface area contributed by atoms with Gasteiger partial charge < -0.3 is 5.32 Å². The van der Waals surface area contributed by atoms with Gasteiger partial charge in [-0.3, -0.25) is 9.59 Å². The summed E-state index contributed by atoms with van der Waals surface area (Å²) in [6, 6.07) is 6.10. The van der Waals surface area contributed by atoms with Crippen LogP contribution in [0.25, 0.3) is 0 Å². The number of hydrogen-bond donors (Lipinski definition) is 1. The number of nitrogens with zero attached hydrogens (tertiary/aromatic N) is 1. The SMILES string of the molecule is CC(=O)c1ccc(S(=O)(=O)N(C)CCCC(=O)N[C@@H](C)C2CC2)cc1. The topological polar surface area (TPSA) is 83.6 Å². The smallest absolute Gasteiger partial charge is 0.242 e. The Morgan fingerprint density at radius 3 is 2.36 bits per heavy atom. The van der Waals surface area contributed by atoms with Gasteiger partial charge in [-0.15, -0.1) is 0 Å². The summed E-state index contributed by atoms with van der Waals surface area (Å²) < 4.78 is 26.3. The Labute approximate surface area is 149 Å². The Kier molecular flexibility index (Phi) is 6.35. The quantitative estimate of drug-likeness (QED) is 0.679. The fourth-order valence-electron chi connectivity index (χ4n) is 2.66.